The normalized spacial score (nSPS) is 10.9. The van der Waals surface area contributed by atoms with Gasteiger partial charge in [0.15, 0.2) is 5.78 Å². The highest BCUT2D eigenvalue weighted by molar-refractivity contribution is 6.15. The number of hydrogen-bond donors (Lipinski definition) is 0. The van der Waals surface area contributed by atoms with E-state index in [1.54, 1.807) is 18.2 Å². The molecule has 0 spiro atoms. The van der Waals surface area contributed by atoms with E-state index in [4.69, 9.17) is 9.15 Å². The summed E-state index contributed by atoms with van der Waals surface area (Å²) in [5.74, 6) is -0.0387. The van der Waals surface area contributed by atoms with Crippen LogP contribution < -0.4 is 0 Å². The van der Waals surface area contributed by atoms with Crippen molar-refractivity contribution in [3.05, 3.63) is 59.2 Å². The van der Waals surface area contributed by atoms with E-state index in [1.165, 1.54) is 0 Å². The molecule has 3 heteroatoms. The van der Waals surface area contributed by atoms with Gasteiger partial charge in [-0.15, -0.1) is 0 Å². The van der Waals surface area contributed by atoms with Crippen molar-refractivity contribution >= 4 is 16.9 Å². The minimum Gasteiger partial charge on any atom is -0.288 e. The van der Waals surface area contributed by atoms with Gasteiger partial charge in [-0.3, -0.25) is 13.9 Å². The maximum Gasteiger partial charge on any atom is 0.237 e. The average molecular weight is 226 g/mol. The van der Waals surface area contributed by atoms with Crippen molar-refractivity contribution in [2.24, 2.45) is 0 Å². The highest BCUT2D eigenvalue weighted by atomic mass is 17.0. The Balaban J connectivity index is 2.17. The number of fused-ring (bicyclic) bond motifs is 1. The van der Waals surface area contributed by atoms with Crippen LogP contribution in [0.5, 0.6) is 0 Å². The Kier molecular flexibility index (Phi) is 2.11. The number of hydrogen-bond acceptors (Lipinski definition) is 3. The predicted molar refractivity (Wildman–Crippen MR) is 63.1 cm³/mol. The monoisotopic (exact) mass is 226 g/mol. The van der Waals surface area contributed by atoms with Crippen LogP contribution in [0.2, 0.25) is 0 Å². The van der Waals surface area contributed by atoms with Crippen LogP contribution in [0.3, 0.4) is 0 Å². The molecule has 1 aromatic heterocycles. The number of carbonyl (C=O) groups is 1. The Labute approximate surface area is 97.6 Å². The summed E-state index contributed by atoms with van der Waals surface area (Å²) in [6, 6.07) is 12.8. The molecule has 0 fully saturated rings. The van der Waals surface area contributed by atoms with Crippen LogP contribution in [0.4, 0.5) is 0 Å². The van der Waals surface area contributed by atoms with E-state index in [9.17, 15) is 4.79 Å². The summed E-state index contributed by atoms with van der Waals surface area (Å²) in [6.45, 7) is 1.89. The Morgan fingerprint density at radius 3 is 2.41 bits per heavy atom. The van der Waals surface area contributed by atoms with Crippen molar-refractivity contribution in [3.8, 4) is 0 Å². The van der Waals surface area contributed by atoms with Gasteiger partial charge >= 0.3 is 0 Å². The van der Waals surface area contributed by atoms with Gasteiger partial charge in [0.2, 0.25) is 11.2 Å². The second-order valence-corrected chi connectivity index (χ2v) is 3.95. The van der Waals surface area contributed by atoms with E-state index in [0.717, 1.165) is 5.56 Å². The van der Waals surface area contributed by atoms with E-state index in [2.05, 4.69) is 0 Å². The zero-order chi connectivity index (χ0) is 11.8. The van der Waals surface area contributed by atoms with Crippen molar-refractivity contribution in [1.29, 1.82) is 0 Å². The lowest BCUT2D eigenvalue weighted by atomic mass is 9.98. The molecule has 0 aliphatic rings. The number of rotatable bonds is 2. The van der Waals surface area contributed by atoms with E-state index in [0.29, 0.717) is 22.3 Å². The molecule has 17 heavy (non-hydrogen) atoms. The fourth-order valence-electron chi connectivity index (χ4n) is 1.88. The van der Waals surface area contributed by atoms with Crippen LogP contribution >= 0.6 is 0 Å². The molecule has 0 unspecified atom stereocenters. The van der Waals surface area contributed by atoms with Gasteiger partial charge in [0, 0.05) is 5.56 Å². The molecule has 0 aliphatic heterocycles. The molecule has 2 aromatic carbocycles. The van der Waals surface area contributed by atoms with Gasteiger partial charge < -0.3 is 0 Å². The highest BCUT2D eigenvalue weighted by Gasteiger charge is 2.20. The molecule has 3 aromatic rings. The molecular formula is C14H10O3. The minimum atomic E-state index is -0.0387. The summed E-state index contributed by atoms with van der Waals surface area (Å²) < 4.78 is 9.72. The Hall–Kier alpha value is -2.29. The van der Waals surface area contributed by atoms with Crippen LogP contribution in [0.1, 0.15) is 21.5 Å². The molecule has 0 bridgehead atoms. The molecule has 0 atom stereocenters. The summed E-state index contributed by atoms with van der Waals surface area (Å²) in [4.78, 5) is 12.3. The summed E-state index contributed by atoms with van der Waals surface area (Å²) >= 11 is 0. The highest BCUT2D eigenvalue weighted by Crippen LogP contribution is 2.27. The minimum absolute atomic E-state index is 0.0387. The lowest BCUT2D eigenvalue weighted by molar-refractivity contribution is 0.0576. The predicted octanol–water partition coefficient (Wildman–Crippen LogP) is 3.57. The van der Waals surface area contributed by atoms with Crippen LogP contribution in [0.15, 0.2) is 51.6 Å². The summed E-state index contributed by atoms with van der Waals surface area (Å²) in [5.41, 5.74) is 3.29. The second-order valence-electron chi connectivity index (χ2n) is 3.95. The molecule has 0 amide bonds. The van der Waals surface area contributed by atoms with Gasteiger partial charge in [-0.2, -0.15) is 0 Å². The lowest BCUT2D eigenvalue weighted by Gasteiger charge is -2.08. The first-order valence-electron chi connectivity index (χ1n) is 5.35. The molecule has 1 heterocycles. The SMILES string of the molecule is Cc1ccc2ooc2c1C(=O)c1ccccc1. The van der Waals surface area contributed by atoms with Crippen LogP contribution in [-0.4, -0.2) is 5.78 Å². The molecule has 3 nitrogen and oxygen atoms in total. The molecule has 0 saturated carbocycles. The maximum absolute atomic E-state index is 12.3. The van der Waals surface area contributed by atoms with Gasteiger partial charge in [-0.1, -0.05) is 36.4 Å². The molecule has 3 rings (SSSR count). The molecule has 84 valence electrons. The fraction of sp³-hybridized carbons (Fsp3) is 0.0714. The second kappa shape index (κ2) is 3.63. The largest absolute Gasteiger partial charge is 0.288 e. The Bertz CT molecular complexity index is 674. The van der Waals surface area contributed by atoms with E-state index < -0.39 is 0 Å². The van der Waals surface area contributed by atoms with Gasteiger partial charge in [-0.05, 0) is 18.6 Å². The third kappa shape index (κ3) is 1.47. The van der Waals surface area contributed by atoms with Crippen LogP contribution in [0.25, 0.3) is 11.2 Å². The van der Waals surface area contributed by atoms with E-state index in [-0.39, 0.29) is 5.78 Å². The number of aryl methyl sites for hydroxylation is 1. The zero-order valence-electron chi connectivity index (χ0n) is 9.27. The van der Waals surface area contributed by atoms with Crippen LogP contribution in [0, 0.1) is 6.92 Å². The van der Waals surface area contributed by atoms with Gasteiger partial charge in [0.1, 0.15) is 0 Å². The van der Waals surface area contributed by atoms with E-state index in [1.807, 2.05) is 31.2 Å². The average Bonchev–Trinajstić information content (AvgIpc) is 2.33. The van der Waals surface area contributed by atoms with Crippen molar-refractivity contribution in [3.63, 3.8) is 0 Å². The number of carbonyl (C=O) groups excluding carboxylic acids is 1. The first-order chi connectivity index (χ1) is 8.27. The summed E-state index contributed by atoms with van der Waals surface area (Å²) in [5, 5.41) is 0. The van der Waals surface area contributed by atoms with Crippen molar-refractivity contribution in [2.45, 2.75) is 6.92 Å². The lowest BCUT2D eigenvalue weighted by Crippen LogP contribution is -2.05. The molecular weight excluding hydrogens is 216 g/mol. The molecule has 0 radical (unpaired) electrons. The van der Waals surface area contributed by atoms with Crippen molar-refractivity contribution in [1.82, 2.24) is 0 Å². The summed E-state index contributed by atoms with van der Waals surface area (Å²) in [6.07, 6.45) is 0. The third-order valence-corrected chi connectivity index (χ3v) is 2.81. The fourth-order valence-corrected chi connectivity index (χ4v) is 1.88. The summed E-state index contributed by atoms with van der Waals surface area (Å²) in [7, 11) is 0. The Morgan fingerprint density at radius 1 is 1.00 bits per heavy atom. The van der Waals surface area contributed by atoms with Crippen molar-refractivity contribution < 1.29 is 13.9 Å². The Morgan fingerprint density at radius 2 is 1.76 bits per heavy atom. The zero-order valence-corrected chi connectivity index (χ0v) is 9.27. The van der Waals surface area contributed by atoms with Gasteiger partial charge in [0.05, 0.1) is 5.56 Å². The quantitative estimate of drug-likeness (QED) is 0.495. The molecule has 0 aliphatic carbocycles. The van der Waals surface area contributed by atoms with Gasteiger partial charge in [0.25, 0.3) is 0 Å². The topological polar surface area (TPSA) is 43.4 Å². The number of benzene rings is 2. The third-order valence-electron chi connectivity index (χ3n) is 2.81. The molecule has 0 saturated heterocycles. The first-order valence-corrected chi connectivity index (χ1v) is 5.35. The van der Waals surface area contributed by atoms with Gasteiger partial charge in [-0.25, -0.2) is 0 Å². The maximum atomic E-state index is 12.3. The van der Waals surface area contributed by atoms with Crippen molar-refractivity contribution in [2.75, 3.05) is 0 Å². The van der Waals surface area contributed by atoms with Crippen LogP contribution in [-0.2, 0) is 0 Å². The standard InChI is InChI=1S/C14H10O3/c1-9-7-8-11-14(17-16-11)12(9)13(15)10-5-3-2-4-6-10/h2-8H,1H3. The molecule has 0 N–H and O–H groups in total. The number of ketones is 1. The first kappa shape index (κ1) is 9.90. The smallest absolute Gasteiger partial charge is 0.237 e. The van der Waals surface area contributed by atoms with E-state index >= 15 is 0 Å².